The molecule has 2 aromatic rings. The summed E-state index contributed by atoms with van der Waals surface area (Å²) in [6, 6.07) is 8.30. The minimum Gasteiger partial charge on any atom is -0.508 e. The van der Waals surface area contributed by atoms with E-state index in [9.17, 15) is 13.9 Å². The number of benzene rings is 2. The van der Waals surface area contributed by atoms with E-state index in [1.807, 2.05) is 0 Å². The Bertz CT molecular complexity index is 834. The Kier molecular flexibility index (Phi) is 11.4. The summed E-state index contributed by atoms with van der Waals surface area (Å²) in [5.74, 6) is 4.51. The van der Waals surface area contributed by atoms with Gasteiger partial charge in [0, 0.05) is 13.5 Å². The fourth-order valence-electron chi connectivity index (χ4n) is 2.00. The van der Waals surface area contributed by atoms with Crippen LogP contribution in [0.4, 0.5) is 13.5 Å². The lowest BCUT2D eigenvalue weighted by atomic mass is 10.1. The summed E-state index contributed by atoms with van der Waals surface area (Å²) in [5.41, 5.74) is 0.680. The van der Waals surface area contributed by atoms with Crippen molar-refractivity contribution in [2.24, 2.45) is 4.99 Å². The highest BCUT2D eigenvalue weighted by molar-refractivity contribution is 6.01. The Hall–Kier alpha value is -3.31. The van der Waals surface area contributed by atoms with E-state index >= 15 is 0 Å². The minimum absolute atomic E-state index is 0. The first kappa shape index (κ1) is 24.7. The molecule has 0 amide bonds. The second kappa shape index (κ2) is 12.9. The van der Waals surface area contributed by atoms with E-state index in [1.165, 1.54) is 36.4 Å². The maximum atomic E-state index is 14.1. The van der Waals surface area contributed by atoms with Crippen molar-refractivity contribution in [2.75, 3.05) is 7.11 Å². The van der Waals surface area contributed by atoms with Crippen LogP contribution >= 0.6 is 0 Å². The highest BCUT2D eigenvalue weighted by Gasteiger charge is 2.12. The second-order valence-corrected chi connectivity index (χ2v) is 5.14. The van der Waals surface area contributed by atoms with Gasteiger partial charge >= 0.3 is 0 Å². The van der Waals surface area contributed by atoms with E-state index in [0.717, 1.165) is 13.4 Å². The molecule has 0 heterocycles. The smallest absolute Gasteiger partial charge is 0.133 e. The Morgan fingerprint density at radius 3 is 2.29 bits per heavy atom. The van der Waals surface area contributed by atoms with Crippen LogP contribution in [0.25, 0.3) is 0 Å². The number of aromatic hydroxyl groups is 1. The van der Waals surface area contributed by atoms with Gasteiger partial charge in [-0.25, -0.2) is 13.8 Å². The molecule has 0 spiro atoms. The predicted octanol–water partition coefficient (Wildman–Crippen LogP) is 3.62. The van der Waals surface area contributed by atoms with Crippen LogP contribution in [0.15, 0.2) is 41.4 Å². The predicted molar refractivity (Wildman–Crippen MR) is 103 cm³/mol. The van der Waals surface area contributed by atoms with Gasteiger partial charge in [0.2, 0.25) is 0 Å². The topological polar surface area (TPSA) is 85.9 Å². The van der Waals surface area contributed by atoms with E-state index in [1.54, 1.807) is 6.92 Å². The summed E-state index contributed by atoms with van der Waals surface area (Å²) in [6.07, 6.45) is 1.05. The average molecular weight is 394 g/mol. The lowest BCUT2D eigenvalue weighted by molar-refractivity contribution is 0.292. The number of phenolic OH excluding ortho intramolecular Hbond substituents is 1. The van der Waals surface area contributed by atoms with Crippen LogP contribution in [0.2, 0.25) is 0 Å². The Labute approximate surface area is 161 Å². The molecule has 0 saturated heterocycles. The minimum atomic E-state index is -0.708. The summed E-state index contributed by atoms with van der Waals surface area (Å²) in [7, 11) is 1.00. The second-order valence-electron chi connectivity index (χ2n) is 5.14. The van der Waals surface area contributed by atoms with Crippen LogP contribution < -0.4 is 4.74 Å². The molecule has 0 saturated carbocycles. The largest absolute Gasteiger partial charge is 0.508 e. The van der Waals surface area contributed by atoms with Crippen molar-refractivity contribution in [2.45, 2.75) is 20.0 Å². The van der Waals surface area contributed by atoms with Crippen molar-refractivity contribution < 1.29 is 28.4 Å². The van der Waals surface area contributed by atoms with Gasteiger partial charge in [0.25, 0.3) is 0 Å². The average Bonchev–Trinajstić information content (AvgIpc) is 2.64. The maximum Gasteiger partial charge on any atom is 0.133 e. The molecular weight excluding hydrogens is 373 g/mol. The maximum absolute atomic E-state index is 14.1. The molecule has 0 atom stereocenters. The van der Waals surface area contributed by atoms with Crippen LogP contribution in [0.5, 0.6) is 11.5 Å². The highest BCUT2D eigenvalue weighted by Crippen LogP contribution is 2.20. The van der Waals surface area contributed by atoms with Crippen molar-refractivity contribution in [1.29, 1.82) is 5.41 Å². The first-order valence-corrected chi connectivity index (χ1v) is 7.85. The SMILES string of the molecule is CC(C#CCc1cc(F)c(COc2ccc(O)cc2)c(F)c1)=NC=N.CO.F. The molecule has 28 heavy (non-hydrogen) atoms. The van der Waals surface area contributed by atoms with Gasteiger partial charge in [-0.15, -0.1) is 0 Å². The molecular formula is C20H21F3N2O3. The van der Waals surface area contributed by atoms with Crippen LogP contribution in [-0.4, -0.2) is 29.4 Å². The van der Waals surface area contributed by atoms with Gasteiger partial charge in [0.05, 0.1) is 11.3 Å². The van der Waals surface area contributed by atoms with E-state index in [2.05, 4.69) is 16.8 Å². The third-order valence-corrected chi connectivity index (χ3v) is 3.24. The number of hydrogen-bond donors (Lipinski definition) is 3. The standard InChI is InChI=1S/C19H16F2N2O2.CH4O.FH/c1-13(23-12-22)3-2-4-14-9-18(20)17(19(21)10-14)11-25-16-7-5-15(24)6-8-16;1-2;/h5-10,12,22,24H,4,11H2,1H3;2H,1H3;1H. The Morgan fingerprint density at radius 2 is 1.75 bits per heavy atom. The lowest BCUT2D eigenvalue weighted by Gasteiger charge is -2.09. The fraction of sp³-hybridized carbons (Fsp3) is 0.200. The van der Waals surface area contributed by atoms with Crippen molar-refractivity contribution in [3.05, 3.63) is 59.2 Å². The van der Waals surface area contributed by atoms with Crippen molar-refractivity contribution in [3.63, 3.8) is 0 Å². The number of ether oxygens (including phenoxy) is 1. The van der Waals surface area contributed by atoms with Gasteiger partial charge in [-0.05, 0) is 48.9 Å². The number of rotatable bonds is 5. The molecule has 0 bridgehead atoms. The van der Waals surface area contributed by atoms with E-state index in [0.29, 0.717) is 17.0 Å². The van der Waals surface area contributed by atoms with Gasteiger partial charge in [-0.1, -0.05) is 11.8 Å². The third kappa shape index (κ3) is 7.93. The van der Waals surface area contributed by atoms with Crippen molar-refractivity contribution >= 4 is 12.1 Å². The van der Waals surface area contributed by atoms with Crippen LogP contribution in [-0.2, 0) is 13.0 Å². The zero-order chi connectivity index (χ0) is 20.2. The molecule has 3 N–H and O–H groups in total. The summed E-state index contributed by atoms with van der Waals surface area (Å²) < 4.78 is 33.6. The molecule has 0 aliphatic carbocycles. The molecule has 0 unspecified atom stereocenters. The molecule has 2 rings (SSSR count). The van der Waals surface area contributed by atoms with Crippen LogP contribution in [0.3, 0.4) is 0 Å². The lowest BCUT2D eigenvalue weighted by Crippen LogP contribution is -2.03. The van der Waals surface area contributed by atoms with Crippen LogP contribution in [0.1, 0.15) is 18.1 Å². The number of halogens is 3. The van der Waals surface area contributed by atoms with E-state index in [4.69, 9.17) is 15.3 Å². The first-order valence-electron chi connectivity index (χ1n) is 7.85. The number of aliphatic imine (C=N–C) groups is 1. The summed E-state index contributed by atoms with van der Waals surface area (Å²) in [6.45, 7) is 1.38. The van der Waals surface area contributed by atoms with Crippen molar-refractivity contribution in [3.8, 4) is 23.3 Å². The molecule has 5 nitrogen and oxygen atoms in total. The molecule has 0 fully saturated rings. The number of aliphatic hydroxyl groups excluding tert-OH is 1. The quantitative estimate of drug-likeness (QED) is 0.411. The number of nitrogens with zero attached hydrogens (tertiary/aromatic N) is 1. The fourth-order valence-corrected chi connectivity index (χ4v) is 2.00. The molecule has 2 aromatic carbocycles. The molecule has 0 aliphatic heterocycles. The first-order chi connectivity index (χ1) is 13.0. The normalized spacial score (nSPS) is 9.82. The van der Waals surface area contributed by atoms with Gasteiger partial charge in [-0.3, -0.25) is 10.1 Å². The van der Waals surface area contributed by atoms with Gasteiger partial charge in [0.15, 0.2) is 0 Å². The summed E-state index contributed by atoms with van der Waals surface area (Å²) >= 11 is 0. The summed E-state index contributed by atoms with van der Waals surface area (Å²) in [4.78, 5) is 3.67. The van der Waals surface area contributed by atoms with E-state index < -0.39 is 11.6 Å². The molecule has 8 heteroatoms. The Balaban J connectivity index is 0.00000235. The summed E-state index contributed by atoms with van der Waals surface area (Å²) in [5, 5.41) is 23.0. The zero-order valence-electron chi connectivity index (χ0n) is 15.4. The molecule has 0 aromatic heterocycles. The van der Waals surface area contributed by atoms with Gasteiger partial charge in [-0.2, -0.15) is 0 Å². The van der Waals surface area contributed by atoms with Crippen LogP contribution in [0, 0.1) is 28.9 Å². The van der Waals surface area contributed by atoms with Gasteiger partial charge in [0.1, 0.15) is 36.1 Å². The van der Waals surface area contributed by atoms with Gasteiger partial charge < -0.3 is 14.9 Å². The highest BCUT2D eigenvalue weighted by atomic mass is 19.1. The number of hydrogen-bond acceptors (Lipinski definition) is 4. The number of phenols is 1. The molecule has 150 valence electrons. The third-order valence-electron chi connectivity index (χ3n) is 3.24. The molecule has 0 radical (unpaired) electrons. The number of aliphatic hydroxyl groups is 1. The zero-order valence-corrected chi connectivity index (χ0v) is 15.4. The Morgan fingerprint density at radius 1 is 1.18 bits per heavy atom. The van der Waals surface area contributed by atoms with Crippen molar-refractivity contribution in [1.82, 2.24) is 0 Å². The molecule has 0 aliphatic rings. The van der Waals surface area contributed by atoms with E-state index in [-0.39, 0.29) is 29.0 Å². The monoisotopic (exact) mass is 394 g/mol. The number of nitrogens with one attached hydrogen (secondary N) is 1.